The summed E-state index contributed by atoms with van der Waals surface area (Å²) in [4.78, 5) is 18.0. The van der Waals surface area contributed by atoms with Gasteiger partial charge in [-0.1, -0.05) is 59.2 Å². The van der Waals surface area contributed by atoms with E-state index in [9.17, 15) is 4.79 Å². The second-order valence-corrected chi connectivity index (χ2v) is 8.60. The minimum atomic E-state index is -0.475. The number of hydrogen-bond acceptors (Lipinski definition) is 6. The van der Waals surface area contributed by atoms with Crippen LogP contribution in [0.4, 0.5) is 0 Å². The Morgan fingerprint density at radius 2 is 2.10 bits per heavy atom. The van der Waals surface area contributed by atoms with Crippen LogP contribution in [-0.2, 0) is 4.79 Å². The summed E-state index contributed by atoms with van der Waals surface area (Å²) in [5, 5.41) is 11.6. The van der Waals surface area contributed by atoms with Crippen LogP contribution in [0.15, 0.2) is 57.0 Å². The first-order valence-corrected chi connectivity index (χ1v) is 11.2. The molecule has 0 fully saturated rings. The molecule has 0 aliphatic carbocycles. The number of fused-ring (bicyclic) bond motifs is 2. The molecule has 2 aliphatic rings. The van der Waals surface area contributed by atoms with E-state index in [2.05, 4.69) is 28.2 Å². The summed E-state index contributed by atoms with van der Waals surface area (Å²) in [5.41, 5.74) is 1.39. The van der Waals surface area contributed by atoms with E-state index in [0.29, 0.717) is 10.9 Å². The molecule has 0 spiro atoms. The predicted octanol–water partition coefficient (Wildman–Crippen LogP) is 3.13. The number of halogens is 1. The van der Waals surface area contributed by atoms with E-state index in [-0.39, 0.29) is 5.91 Å². The molecule has 29 heavy (non-hydrogen) atoms. The highest BCUT2D eigenvalue weighted by Crippen LogP contribution is 2.36. The number of rotatable bonds is 5. The highest BCUT2D eigenvalue weighted by atomic mass is 79.9. The van der Waals surface area contributed by atoms with Crippen molar-refractivity contribution >= 4 is 44.5 Å². The molecule has 2 aliphatic heterocycles. The highest BCUT2D eigenvalue weighted by molar-refractivity contribution is 9.10. The second-order valence-electron chi connectivity index (χ2n) is 6.66. The number of unbranched alkanes of at least 4 members (excludes halogenated alkanes) is 1. The van der Waals surface area contributed by atoms with Gasteiger partial charge in [0, 0.05) is 21.0 Å². The smallest absolute Gasteiger partial charge is 0.276 e. The summed E-state index contributed by atoms with van der Waals surface area (Å²) < 4.78 is 6.29. The van der Waals surface area contributed by atoms with Gasteiger partial charge < -0.3 is 4.74 Å². The number of nitrogens with zero attached hydrogens (tertiary/aromatic N) is 3. The average molecular weight is 473 g/mol. The molecule has 0 saturated carbocycles. The van der Waals surface area contributed by atoms with Crippen LogP contribution in [0.2, 0.25) is 0 Å². The SMILES string of the molecule is CCCCSC1=NN2C(=c3ccccc3=N[C@H]2c2cc(OC)ccc2Br)C(=O)N1. The highest BCUT2D eigenvalue weighted by Gasteiger charge is 2.35. The van der Waals surface area contributed by atoms with Crippen LogP contribution >= 0.6 is 27.7 Å². The number of amidine groups is 1. The van der Waals surface area contributed by atoms with Gasteiger partial charge in [-0.15, -0.1) is 5.10 Å². The van der Waals surface area contributed by atoms with E-state index in [4.69, 9.17) is 14.8 Å². The first-order valence-electron chi connectivity index (χ1n) is 9.45. The van der Waals surface area contributed by atoms with Gasteiger partial charge in [0.1, 0.15) is 11.4 Å². The van der Waals surface area contributed by atoms with Crippen molar-refractivity contribution in [3.8, 4) is 5.75 Å². The molecule has 0 bridgehead atoms. The molecule has 2 heterocycles. The van der Waals surface area contributed by atoms with Crippen molar-refractivity contribution in [1.82, 2.24) is 10.3 Å². The van der Waals surface area contributed by atoms with Crippen LogP contribution in [-0.4, -0.2) is 28.9 Å². The lowest BCUT2D eigenvalue weighted by Gasteiger charge is -2.34. The number of thioether (sulfide) groups is 1. The molecule has 0 unspecified atom stereocenters. The summed E-state index contributed by atoms with van der Waals surface area (Å²) in [6.45, 7) is 2.14. The standard InChI is InChI=1S/C21H21BrN4O2S/c1-3-4-11-29-21-24-20(27)18-14-7-5-6-8-17(14)23-19(26(18)25-21)15-12-13(28-2)9-10-16(15)22/h5-10,12,19H,3-4,11H2,1-2H3,(H,24,25,27)/t19-/m1/s1. The lowest BCUT2D eigenvalue weighted by Crippen LogP contribution is -2.50. The Hall–Kier alpha value is -2.32. The van der Waals surface area contributed by atoms with Crippen molar-refractivity contribution in [2.45, 2.75) is 25.9 Å². The molecule has 0 saturated heterocycles. The quantitative estimate of drug-likeness (QED) is 0.678. The number of nitrogens with one attached hydrogen (secondary N) is 1. The topological polar surface area (TPSA) is 66.3 Å². The molecule has 2 aromatic rings. The molecular weight excluding hydrogens is 452 g/mol. The maximum Gasteiger partial charge on any atom is 0.276 e. The Kier molecular flexibility index (Phi) is 5.91. The number of amides is 1. The van der Waals surface area contributed by atoms with Crippen LogP contribution in [0.25, 0.3) is 5.70 Å². The number of hydrazone groups is 1. The van der Waals surface area contributed by atoms with Crippen LogP contribution in [0.3, 0.4) is 0 Å². The average Bonchev–Trinajstić information content (AvgIpc) is 2.73. The van der Waals surface area contributed by atoms with Gasteiger partial charge in [0.2, 0.25) is 0 Å². The Labute approximate surface area is 181 Å². The van der Waals surface area contributed by atoms with E-state index < -0.39 is 6.17 Å². The molecule has 8 heteroatoms. The predicted molar refractivity (Wildman–Crippen MR) is 119 cm³/mol. The lowest BCUT2D eigenvalue weighted by atomic mass is 10.1. The number of ether oxygens (including phenoxy) is 1. The fourth-order valence-corrected chi connectivity index (χ4v) is 4.64. The zero-order valence-corrected chi connectivity index (χ0v) is 18.6. The number of carbonyl (C=O) groups is 1. The van der Waals surface area contributed by atoms with Gasteiger partial charge in [-0.05, 0) is 30.7 Å². The van der Waals surface area contributed by atoms with Gasteiger partial charge >= 0.3 is 0 Å². The van der Waals surface area contributed by atoms with Crippen molar-refractivity contribution in [2.24, 2.45) is 10.1 Å². The van der Waals surface area contributed by atoms with Crippen LogP contribution in [0.1, 0.15) is 31.5 Å². The summed E-state index contributed by atoms with van der Waals surface area (Å²) in [6, 6.07) is 13.4. The summed E-state index contributed by atoms with van der Waals surface area (Å²) in [6.07, 6.45) is 1.68. The third-order valence-electron chi connectivity index (χ3n) is 4.73. The first-order chi connectivity index (χ1) is 14.1. The largest absolute Gasteiger partial charge is 0.497 e. The van der Waals surface area contributed by atoms with Crippen molar-refractivity contribution in [2.75, 3.05) is 12.9 Å². The van der Waals surface area contributed by atoms with Crippen molar-refractivity contribution in [3.63, 3.8) is 0 Å². The van der Waals surface area contributed by atoms with Gasteiger partial charge in [-0.25, -0.2) is 5.01 Å². The van der Waals surface area contributed by atoms with Gasteiger partial charge in [0.25, 0.3) is 5.91 Å². The Morgan fingerprint density at radius 3 is 2.90 bits per heavy atom. The third-order valence-corrected chi connectivity index (χ3v) is 6.41. The monoisotopic (exact) mass is 472 g/mol. The molecule has 4 rings (SSSR count). The van der Waals surface area contributed by atoms with Crippen LogP contribution in [0.5, 0.6) is 5.75 Å². The maximum atomic E-state index is 13.1. The van der Waals surface area contributed by atoms with E-state index in [1.807, 2.05) is 42.5 Å². The van der Waals surface area contributed by atoms with Crippen LogP contribution in [0, 0.1) is 0 Å². The van der Waals surface area contributed by atoms with Gasteiger partial charge in [-0.3, -0.25) is 15.1 Å². The fraction of sp³-hybridized carbons (Fsp3) is 0.286. The number of hydrogen-bond donors (Lipinski definition) is 1. The molecule has 1 N–H and O–H groups in total. The van der Waals surface area contributed by atoms with Gasteiger partial charge in [0.15, 0.2) is 11.3 Å². The Bertz CT molecular complexity index is 1100. The molecular formula is C21H21BrN4O2S. The molecule has 150 valence electrons. The van der Waals surface area contributed by atoms with Gasteiger partial charge in [-0.2, -0.15) is 0 Å². The third kappa shape index (κ3) is 3.91. The zero-order chi connectivity index (χ0) is 20.4. The summed E-state index contributed by atoms with van der Waals surface area (Å²) in [7, 11) is 1.63. The van der Waals surface area contributed by atoms with E-state index >= 15 is 0 Å². The van der Waals surface area contributed by atoms with Crippen molar-refractivity contribution in [1.29, 1.82) is 0 Å². The number of para-hydroxylation sites is 1. The van der Waals surface area contributed by atoms with Crippen molar-refractivity contribution < 1.29 is 9.53 Å². The van der Waals surface area contributed by atoms with E-state index in [1.54, 1.807) is 23.9 Å². The lowest BCUT2D eigenvalue weighted by molar-refractivity contribution is -0.116. The molecule has 0 radical (unpaired) electrons. The van der Waals surface area contributed by atoms with E-state index in [1.165, 1.54) is 0 Å². The first kappa shape index (κ1) is 20.0. The van der Waals surface area contributed by atoms with E-state index in [0.717, 1.165) is 45.0 Å². The number of methoxy groups -OCH3 is 1. The molecule has 1 amide bonds. The fourth-order valence-electron chi connectivity index (χ4n) is 3.25. The Morgan fingerprint density at radius 1 is 1.28 bits per heavy atom. The molecule has 2 aromatic carbocycles. The summed E-state index contributed by atoms with van der Waals surface area (Å²) in [5.74, 6) is 1.47. The molecule has 0 aromatic heterocycles. The van der Waals surface area contributed by atoms with Crippen molar-refractivity contribution in [3.05, 3.63) is 63.1 Å². The summed E-state index contributed by atoms with van der Waals surface area (Å²) >= 11 is 5.18. The molecule has 1 atom stereocenters. The number of benzene rings is 2. The zero-order valence-electron chi connectivity index (χ0n) is 16.2. The number of carbonyl (C=O) groups excluding carboxylic acids is 1. The maximum absolute atomic E-state index is 13.1. The normalized spacial score (nSPS) is 17.7. The van der Waals surface area contributed by atoms with Crippen LogP contribution < -0.4 is 20.6 Å². The molecule has 6 nitrogen and oxygen atoms in total. The second kappa shape index (κ2) is 8.59. The minimum Gasteiger partial charge on any atom is -0.497 e. The Balaban J connectivity index is 1.87. The van der Waals surface area contributed by atoms with Gasteiger partial charge in [0.05, 0.1) is 12.5 Å². The minimum absolute atomic E-state index is 0.162.